The van der Waals surface area contributed by atoms with Crippen LogP contribution in [0.15, 0.2) is 18.2 Å². The SMILES string of the molecule is OCc1ccc(OC2CCCC2O)c(F)c1. The molecule has 0 radical (unpaired) electrons. The molecular weight excluding hydrogens is 211 g/mol. The molecule has 4 heteroatoms. The smallest absolute Gasteiger partial charge is 0.165 e. The second-order valence-electron chi connectivity index (χ2n) is 4.08. The van der Waals surface area contributed by atoms with Gasteiger partial charge < -0.3 is 14.9 Å². The molecule has 1 aliphatic rings. The minimum atomic E-state index is -0.503. The Bertz CT molecular complexity index is 367. The standard InChI is InChI=1S/C12H15FO3/c13-9-6-8(7-14)4-5-11(9)16-12-3-1-2-10(12)15/h4-6,10,12,14-15H,1-3,7H2. The zero-order valence-corrected chi connectivity index (χ0v) is 8.90. The third-order valence-corrected chi connectivity index (χ3v) is 2.87. The van der Waals surface area contributed by atoms with Crippen molar-refractivity contribution in [2.45, 2.75) is 38.1 Å². The lowest BCUT2D eigenvalue weighted by atomic mass is 10.2. The first-order chi connectivity index (χ1) is 7.70. The molecule has 2 unspecified atom stereocenters. The highest BCUT2D eigenvalue weighted by atomic mass is 19.1. The van der Waals surface area contributed by atoms with Gasteiger partial charge in [-0.3, -0.25) is 0 Å². The van der Waals surface area contributed by atoms with E-state index in [2.05, 4.69) is 0 Å². The fourth-order valence-electron chi connectivity index (χ4n) is 1.95. The zero-order valence-electron chi connectivity index (χ0n) is 8.90. The molecule has 0 amide bonds. The van der Waals surface area contributed by atoms with Crippen LogP contribution in [0.25, 0.3) is 0 Å². The summed E-state index contributed by atoms with van der Waals surface area (Å²) >= 11 is 0. The van der Waals surface area contributed by atoms with Crippen LogP contribution in [-0.2, 0) is 6.61 Å². The normalized spacial score (nSPS) is 24.7. The predicted octanol–water partition coefficient (Wildman–Crippen LogP) is 1.61. The fourth-order valence-corrected chi connectivity index (χ4v) is 1.95. The van der Waals surface area contributed by atoms with Crippen molar-refractivity contribution >= 4 is 0 Å². The van der Waals surface area contributed by atoms with Crippen molar-refractivity contribution in [3.63, 3.8) is 0 Å². The Morgan fingerprint density at radius 3 is 2.75 bits per heavy atom. The highest BCUT2D eigenvalue weighted by Gasteiger charge is 2.27. The van der Waals surface area contributed by atoms with Gasteiger partial charge in [0.15, 0.2) is 11.6 Å². The van der Waals surface area contributed by atoms with Crippen LogP contribution in [0.1, 0.15) is 24.8 Å². The second-order valence-corrected chi connectivity index (χ2v) is 4.08. The lowest BCUT2D eigenvalue weighted by Crippen LogP contribution is -2.26. The van der Waals surface area contributed by atoms with Gasteiger partial charge in [-0.1, -0.05) is 6.07 Å². The van der Waals surface area contributed by atoms with E-state index < -0.39 is 11.9 Å². The molecule has 0 saturated heterocycles. The molecule has 1 aromatic carbocycles. The topological polar surface area (TPSA) is 49.7 Å². The van der Waals surface area contributed by atoms with Gasteiger partial charge in [0.05, 0.1) is 12.7 Å². The van der Waals surface area contributed by atoms with E-state index >= 15 is 0 Å². The van der Waals surface area contributed by atoms with Gasteiger partial charge >= 0.3 is 0 Å². The highest BCUT2D eigenvalue weighted by Crippen LogP contribution is 2.26. The van der Waals surface area contributed by atoms with Crippen LogP contribution < -0.4 is 4.74 Å². The average molecular weight is 226 g/mol. The molecule has 0 aromatic heterocycles. The predicted molar refractivity (Wildman–Crippen MR) is 56.6 cm³/mol. The molecular formula is C12H15FO3. The van der Waals surface area contributed by atoms with Crippen LogP contribution in [0.4, 0.5) is 4.39 Å². The third kappa shape index (κ3) is 2.33. The van der Waals surface area contributed by atoms with E-state index in [0.717, 1.165) is 12.8 Å². The van der Waals surface area contributed by atoms with Crippen molar-refractivity contribution in [2.75, 3.05) is 0 Å². The molecule has 88 valence electrons. The molecule has 1 saturated carbocycles. The molecule has 1 fully saturated rings. The minimum absolute atomic E-state index is 0.142. The van der Waals surface area contributed by atoms with Crippen molar-refractivity contribution in [1.29, 1.82) is 0 Å². The summed E-state index contributed by atoms with van der Waals surface area (Å²) in [7, 11) is 0. The zero-order chi connectivity index (χ0) is 11.5. The maximum absolute atomic E-state index is 13.5. The summed E-state index contributed by atoms with van der Waals surface area (Å²) < 4.78 is 18.9. The first kappa shape index (κ1) is 11.4. The first-order valence-electron chi connectivity index (χ1n) is 5.44. The summed E-state index contributed by atoms with van der Waals surface area (Å²) in [6, 6.07) is 4.35. The summed E-state index contributed by atoms with van der Waals surface area (Å²) in [6.07, 6.45) is 1.55. The summed E-state index contributed by atoms with van der Waals surface area (Å²) in [5.74, 6) is -0.353. The number of halogens is 1. The summed E-state index contributed by atoms with van der Waals surface area (Å²) in [4.78, 5) is 0. The highest BCUT2D eigenvalue weighted by molar-refractivity contribution is 5.29. The van der Waals surface area contributed by atoms with E-state index in [4.69, 9.17) is 9.84 Å². The van der Waals surface area contributed by atoms with Crippen LogP contribution >= 0.6 is 0 Å². The molecule has 2 rings (SSSR count). The van der Waals surface area contributed by atoms with Gasteiger partial charge in [0.25, 0.3) is 0 Å². The maximum atomic E-state index is 13.5. The molecule has 2 atom stereocenters. The van der Waals surface area contributed by atoms with E-state index in [0.29, 0.717) is 12.0 Å². The Labute approximate surface area is 93.5 Å². The van der Waals surface area contributed by atoms with Gasteiger partial charge in [0, 0.05) is 0 Å². The number of aliphatic hydroxyl groups excluding tert-OH is 2. The quantitative estimate of drug-likeness (QED) is 0.823. The van der Waals surface area contributed by atoms with Gasteiger partial charge in [-0.05, 0) is 37.0 Å². The lowest BCUT2D eigenvalue weighted by molar-refractivity contribution is 0.0578. The van der Waals surface area contributed by atoms with Crippen molar-refractivity contribution in [1.82, 2.24) is 0 Å². The Kier molecular flexibility index (Phi) is 3.41. The molecule has 0 aliphatic heterocycles. The van der Waals surface area contributed by atoms with Gasteiger partial charge in [-0.15, -0.1) is 0 Å². The minimum Gasteiger partial charge on any atom is -0.485 e. The molecule has 0 spiro atoms. The molecule has 3 nitrogen and oxygen atoms in total. The van der Waals surface area contributed by atoms with E-state index in [1.165, 1.54) is 12.1 Å². The molecule has 1 aromatic rings. The monoisotopic (exact) mass is 226 g/mol. The number of ether oxygens (including phenoxy) is 1. The number of benzene rings is 1. The molecule has 0 heterocycles. The van der Waals surface area contributed by atoms with Crippen LogP contribution in [0, 0.1) is 5.82 Å². The van der Waals surface area contributed by atoms with Gasteiger partial charge in [0.2, 0.25) is 0 Å². The molecule has 0 bridgehead atoms. The van der Waals surface area contributed by atoms with Crippen LogP contribution in [-0.4, -0.2) is 22.4 Å². The van der Waals surface area contributed by atoms with Crippen LogP contribution in [0.5, 0.6) is 5.75 Å². The first-order valence-corrected chi connectivity index (χ1v) is 5.44. The summed E-state index contributed by atoms with van der Waals surface area (Å²) in [5, 5.41) is 18.4. The lowest BCUT2D eigenvalue weighted by Gasteiger charge is -2.17. The largest absolute Gasteiger partial charge is 0.485 e. The third-order valence-electron chi connectivity index (χ3n) is 2.87. The van der Waals surface area contributed by atoms with E-state index in [1.807, 2.05) is 0 Å². The van der Waals surface area contributed by atoms with Gasteiger partial charge in [-0.25, -0.2) is 4.39 Å². The Morgan fingerprint density at radius 2 is 2.19 bits per heavy atom. The summed E-state index contributed by atoms with van der Waals surface area (Å²) in [5.41, 5.74) is 0.511. The van der Waals surface area contributed by atoms with Crippen LogP contribution in [0.2, 0.25) is 0 Å². The number of hydrogen-bond acceptors (Lipinski definition) is 3. The van der Waals surface area contributed by atoms with Gasteiger partial charge in [-0.2, -0.15) is 0 Å². The summed E-state index contributed by atoms with van der Waals surface area (Å²) in [6.45, 7) is -0.191. The molecule has 1 aliphatic carbocycles. The molecule has 16 heavy (non-hydrogen) atoms. The Morgan fingerprint density at radius 1 is 1.38 bits per heavy atom. The van der Waals surface area contributed by atoms with Crippen molar-refractivity contribution < 1.29 is 19.3 Å². The van der Waals surface area contributed by atoms with Crippen LogP contribution in [0.3, 0.4) is 0 Å². The van der Waals surface area contributed by atoms with Crippen molar-refractivity contribution in [3.8, 4) is 5.75 Å². The van der Waals surface area contributed by atoms with E-state index in [1.54, 1.807) is 6.07 Å². The van der Waals surface area contributed by atoms with Gasteiger partial charge in [0.1, 0.15) is 6.10 Å². The maximum Gasteiger partial charge on any atom is 0.165 e. The molecule has 2 N–H and O–H groups in total. The Balaban J connectivity index is 2.09. The van der Waals surface area contributed by atoms with E-state index in [9.17, 15) is 9.50 Å². The second kappa shape index (κ2) is 4.80. The van der Waals surface area contributed by atoms with E-state index in [-0.39, 0.29) is 18.5 Å². The Hall–Kier alpha value is -1.13. The average Bonchev–Trinajstić information content (AvgIpc) is 2.67. The van der Waals surface area contributed by atoms with Crippen molar-refractivity contribution in [3.05, 3.63) is 29.6 Å². The number of aliphatic hydroxyl groups is 2. The fraction of sp³-hybridized carbons (Fsp3) is 0.500. The number of hydrogen-bond donors (Lipinski definition) is 2. The number of rotatable bonds is 3. The van der Waals surface area contributed by atoms with Crippen molar-refractivity contribution in [2.24, 2.45) is 0 Å².